The van der Waals surface area contributed by atoms with Crippen LogP contribution in [0, 0.1) is 0 Å². The highest BCUT2D eigenvalue weighted by atomic mass is 16.3. The van der Waals surface area contributed by atoms with Gasteiger partial charge in [-0.25, -0.2) is 0 Å². The number of nitrogens with two attached hydrogens (primary N) is 1. The molecule has 0 radical (unpaired) electrons. The Bertz CT molecular complexity index is 288. The van der Waals surface area contributed by atoms with Crippen LogP contribution in [0.3, 0.4) is 0 Å². The molecule has 0 bridgehead atoms. The van der Waals surface area contributed by atoms with E-state index in [0.29, 0.717) is 5.56 Å². The van der Waals surface area contributed by atoms with Crippen LogP contribution < -0.4 is 5.73 Å². The maximum atomic E-state index is 11.4. The molecule has 1 aromatic carbocycles. The van der Waals surface area contributed by atoms with E-state index in [4.69, 9.17) is 5.73 Å². The van der Waals surface area contributed by atoms with Crippen molar-refractivity contribution in [2.45, 2.75) is 19.1 Å². The van der Waals surface area contributed by atoms with Crippen LogP contribution in [0.25, 0.3) is 0 Å². The monoisotopic (exact) mass is 179 g/mol. The van der Waals surface area contributed by atoms with Gasteiger partial charge in [0.25, 0.3) is 0 Å². The lowest BCUT2D eigenvalue weighted by atomic mass is 10.0. The first-order valence-corrected chi connectivity index (χ1v) is 4.08. The van der Waals surface area contributed by atoms with Crippen molar-refractivity contribution in [2.24, 2.45) is 5.73 Å². The first kappa shape index (κ1) is 9.89. The Morgan fingerprint density at radius 2 is 2.00 bits per heavy atom. The maximum absolute atomic E-state index is 11.4. The maximum Gasteiger partial charge on any atom is 0.167 e. The van der Waals surface area contributed by atoms with Crippen LogP contribution in [0.1, 0.15) is 23.7 Å². The first-order valence-electron chi connectivity index (χ1n) is 4.08. The highest BCUT2D eigenvalue weighted by Crippen LogP contribution is 2.08. The van der Waals surface area contributed by atoms with E-state index in [0.717, 1.165) is 0 Å². The molecule has 1 atom stereocenters. The Labute approximate surface area is 77.2 Å². The average molecular weight is 179 g/mol. The van der Waals surface area contributed by atoms with Crippen molar-refractivity contribution < 1.29 is 9.90 Å². The largest absolute Gasteiger partial charge is 0.376 e. The first-order chi connectivity index (χ1) is 5.99. The molecule has 0 saturated heterocycles. The van der Waals surface area contributed by atoms with Crippen LogP contribution in [-0.4, -0.2) is 16.6 Å². The Balaban J connectivity index is 2.71. The second-order valence-electron chi connectivity index (χ2n) is 3.32. The van der Waals surface area contributed by atoms with Gasteiger partial charge < -0.3 is 10.8 Å². The Morgan fingerprint density at radius 3 is 2.46 bits per heavy atom. The van der Waals surface area contributed by atoms with Gasteiger partial charge in [-0.3, -0.25) is 4.79 Å². The second-order valence-corrected chi connectivity index (χ2v) is 3.32. The summed E-state index contributed by atoms with van der Waals surface area (Å²) in [6.07, 6.45) is -0.0585. The van der Waals surface area contributed by atoms with Gasteiger partial charge in [-0.1, -0.05) is 30.3 Å². The molecule has 0 heterocycles. The molecule has 0 aliphatic rings. The lowest BCUT2D eigenvalue weighted by molar-refractivity contribution is 0.0505. The zero-order valence-corrected chi connectivity index (χ0v) is 7.53. The number of rotatable bonds is 3. The molecule has 0 aliphatic heterocycles. The third kappa shape index (κ3) is 3.36. The summed E-state index contributed by atoms with van der Waals surface area (Å²) in [6, 6.07) is 8.79. The summed E-state index contributed by atoms with van der Waals surface area (Å²) < 4.78 is 0. The van der Waals surface area contributed by atoms with Gasteiger partial charge in [0.1, 0.15) is 5.72 Å². The molecule has 1 aromatic rings. The van der Waals surface area contributed by atoms with Crippen molar-refractivity contribution in [2.75, 3.05) is 0 Å². The minimum Gasteiger partial charge on any atom is -0.376 e. The van der Waals surface area contributed by atoms with E-state index in [1.54, 1.807) is 24.3 Å². The van der Waals surface area contributed by atoms with Crippen molar-refractivity contribution in [3.63, 3.8) is 0 Å². The van der Waals surface area contributed by atoms with Crippen LogP contribution in [0.4, 0.5) is 0 Å². The minimum absolute atomic E-state index is 0.0585. The van der Waals surface area contributed by atoms with E-state index in [1.807, 2.05) is 6.07 Å². The van der Waals surface area contributed by atoms with Crippen molar-refractivity contribution >= 4 is 5.78 Å². The third-order valence-electron chi connectivity index (χ3n) is 1.61. The average Bonchev–Trinajstić information content (AvgIpc) is 2.03. The van der Waals surface area contributed by atoms with Crippen molar-refractivity contribution in [3.05, 3.63) is 35.9 Å². The number of Topliss-reactive ketones (excluding diaryl/α,β-unsaturated/α-hetero) is 1. The van der Waals surface area contributed by atoms with Crippen LogP contribution in [0.2, 0.25) is 0 Å². The third-order valence-corrected chi connectivity index (χ3v) is 1.61. The molecule has 0 aromatic heterocycles. The normalized spacial score (nSPS) is 15.0. The molecule has 3 heteroatoms. The Hall–Kier alpha value is -1.19. The van der Waals surface area contributed by atoms with Crippen molar-refractivity contribution in [1.29, 1.82) is 0 Å². The SMILES string of the molecule is CC(N)(O)CC(=O)c1ccccc1. The van der Waals surface area contributed by atoms with E-state index >= 15 is 0 Å². The molecular weight excluding hydrogens is 166 g/mol. The molecule has 0 fully saturated rings. The summed E-state index contributed by atoms with van der Waals surface area (Å²) in [6.45, 7) is 1.41. The van der Waals surface area contributed by atoms with Gasteiger partial charge in [-0.15, -0.1) is 0 Å². The molecule has 0 spiro atoms. The van der Waals surface area contributed by atoms with Gasteiger partial charge in [0.05, 0.1) is 6.42 Å². The number of carbonyl (C=O) groups excluding carboxylic acids is 1. The highest BCUT2D eigenvalue weighted by Gasteiger charge is 2.19. The van der Waals surface area contributed by atoms with E-state index in [9.17, 15) is 9.90 Å². The van der Waals surface area contributed by atoms with Gasteiger partial charge in [0.15, 0.2) is 5.78 Å². The summed E-state index contributed by atoms with van der Waals surface area (Å²) in [5, 5.41) is 9.21. The molecule has 0 amide bonds. The predicted molar refractivity (Wildman–Crippen MR) is 50.2 cm³/mol. The molecule has 0 saturated carbocycles. The standard InChI is InChI=1S/C10H13NO2/c1-10(11,13)7-9(12)8-5-3-2-4-6-8/h2-6,13H,7,11H2,1H3. The van der Waals surface area contributed by atoms with E-state index in [-0.39, 0.29) is 12.2 Å². The lowest BCUT2D eigenvalue weighted by Gasteiger charge is -2.15. The van der Waals surface area contributed by atoms with Gasteiger partial charge in [0.2, 0.25) is 0 Å². The van der Waals surface area contributed by atoms with E-state index in [2.05, 4.69) is 0 Å². The molecule has 1 unspecified atom stereocenters. The number of benzene rings is 1. The van der Waals surface area contributed by atoms with Crippen LogP contribution >= 0.6 is 0 Å². The predicted octanol–water partition coefficient (Wildman–Crippen LogP) is 0.927. The number of hydrogen-bond donors (Lipinski definition) is 2. The van der Waals surface area contributed by atoms with Crippen LogP contribution in [0.5, 0.6) is 0 Å². The fourth-order valence-electron chi connectivity index (χ4n) is 1.05. The zero-order chi connectivity index (χ0) is 9.90. The van der Waals surface area contributed by atoms with E-state index in [1.165, 1.54) is 6.92 Å². The summed E-state index contributed by atoms with van der Waals surface area (Å²) in [4.78, 5) is 11.4. The number of hydrogen-bond acceptors (Lipinski definition) is 3. The van der Waals surface area contributed by atoms with Gasteiger partial charge >= 0.3 is 0 Å². The second kappa shape index (κ2) is 3.68. The fourth-order valence-corrected chi connectivity index (χ4v) is 1.05. The van der Waals surface area contributed by atoms with Crippen molar-refractivity contribution in [1.82, 2.24) is 0 Å². The van der Waals surface area contributed by atoms with Crippen LogP contribution in [-0.2, 0) is 0 Å². The highest BCUT2D eigenvalue weighted by molar-refractivity contribution is 5.96. The minimum atomic E-state index is -1.42. The molecule has 1 rings (SSSR count). The molecule has 3 nitrogen and oxygen atoms in total. The Kier molecular flexibility index (Phi) is 2.80. The van der Waals surface area contributed by atoms with Gasteiger partial charge in [-0.05, 0) is 6.92 Å². The summed E-state index contributed by atoms with van der Waals surface area (Å²) >= 11 is 0. The summed E-state index contributed by atoms with van der Waals surface area (Å²) in [7, 11) is 0. The number of ketones is 1. The van der Waals surface area contributed by atoms with E-state index < -0.39 is 5.72 Å². The fraction of sp³-hybridized carbons (Fsp3) is 0.300. The molecule has 3 N–H and O–H groups in total. The Morgan fingerprint density at radius 1 is 1.46 bits per heavy atom. The lowest BCUT2D eigenvalue weighted by Crippen LogP contribution is -2.37. The van der Waals surface area contributed by atoms with Crippen LogP contribution in [0.15, 0.2) is 30.3 Å². The molecule has 70 valence electrons. The topological polar surface area (TPSA) is 63.3 Å². The number of aliphatic hydroxyl groups is 1. The smallest absolute Gasteiger partial charge is 0.167 e. The molecule has 0 aliphatic carbocycles. The quantitative estimate of drug-likeness (QED) is 0.536. The van der Waals surface area contributed by atoms with Gasteiger partial charge in [-0.2, -0.15) is 0 Å². The zero-order valence-electron chi connectivity index (χ0n) is 7.53. The van der Waals surface area contributed by atoms with Crippen molar-refractivity contribution in [3.8, 4) is 0 Å². The number of carbonyl (C=O) groups is 1. The molecule has 13 heavy (non-hydrogen) atoms. The summed E-state index contributed by atoms with van der Waals surface area (Å²) in [5.41, 5.74) is 4.46. The van der Waals surface area contributed by atoms with Gasteiger partial charge in [0, 0.05) is 5.56 Å². The summed E-state index contributed by atoms with van der Waals surface area (Å²) in [5.74, 6) is -0.145. The molecular formula is C10H13NO2.